The maximum Gasteiger partial charge on any atom is 0.225 e. The van der Waals surface area contributed by atoms with E-state index in [2.05, 4.69) is 20.2 Å². The number of sulfonamides is 1. The van der Waals surface area contributed by atoms with E-state index in [1.165, 1.54) is 23.6 Å². The molecule has 2 heterocycles. The molecule has 2 fully saturated rings. The zero-order valence-electron chi connectivity index (χ0n) is 18.2. The third-order valence-electron chi connectivity index (χ3n) is 6.01. The highest BCUT2D eigenvalue weighted by Gasteiger charge is 2.28. The number of aromatic nitrogens is 2. The van der Waals surface area contributed by atoms with Crippen LogP contribution in [0.2, 0.25) is 0 Å². The van der Waals surface area contributed by atoms with Crippen LogP contribution in [0.5, 0.6) is 0 Å². The van der Waals surface area contributed by atoms with Crippen LogP contribution in [0.15, 0.2) is 24.3 Å². The van der Waals surface area contributed by atoms with E-state index in [0.29, 0.717) is 25.1 Å². The number of hydrogen-bond acceptors (Lipinski definition) is 6. The van der Waals surface area contributed by atoms with Gasteiger partial charge in [-0.1, -0.05) is 19.3 Å². The van der Waals surface area contributed by atoms with Crippen molar-refractivity contribution in [2.24, 2.45) is 0 Å². The van der Waals surface area contributed by atoms with Gasteiger partial charge in [0.2, 0.25) is 16.0 Å². The smallest absolute Gasteiger partial charge is 0.225 e. The zero-order valence-corrected chi connectivity index (χ0v) is 19.0. The minimum Gasteiger partial charge on any atom is -0.354 e. The molecule has 10 heteroatoms. The number of anilines is 2. The van der Waals surface area contributed by atoms with Gasteiger partial charge in [0.05, 0.1) is 5.75 Å². The lowest BCUT2D eigenvalue weighted by molar-refractivity contribution is 0.383. The van der Waals surface area contributed by atoms with Crippen LogP contribution in [0, 0.1) is 18.6 Å². The van der Waals surface area contributed by atoms with Crippen LogP contribution >= 0.6 is 0 Å². The fourth-order valence-electron chi connectivity index (χ4n) is 4.40. The van der Waals surface area contributed by atoms with Crippen LogP contribution in [-0.4, -0.2) is 54.9 Å². The highest BCUT2D eigenvalue weighted by Crippen LogP contribution is 2.23. The maximum atomic E-state index is 13.4. The molecule has 0 amide bonds. The van der Waals surface area contributed by atoms with Gasteiger partial charge in [0.1, 0.15) is 17.5 Å². The standard InChI is InChI=1S/C22H29F2N5O2S/c1-16-11-21(27-22(25-16)26-20-5-3-2-4-6-20)28-7-9-29(10-8-28)32(30,31)15-17-12-18(23)14-19(24)13-17/h11-14,20H,2-10,15H2,1H3,(H,25,26,27). The molecule has 1 aliphatic heterocycles. The van der Waals surface area contributed by atoms with Gasteiger partial charge in [-0.05, 0) is 37.5 Å². The molecule has 32 heavy (non-hydrogen) atoms. The Balaban J connectivity index is 1.39. The van der Waals surface area contributed by atoms with E-state index in [4.69, 9.17) is 0 Å². The molecule has 1 saturated heterocycles. The van der Waals surface area contributed by atoms with Crippen molar-refractivity contribution < 1.29 is 17.2 Å². The Hall–Kier alpha value is -2.33. The molecule has 0 unspecified atom stereocenters. The lowest BCUT2D eigenvalue weighted by Crippen LogP contribution is -2.49. The molecule has 0 radical (unpaired) electrons. The first kappa shape index (κ1) is 22.8. The summed E-state index contributed by atoms with van der Waals surface area (Å²) in [4.78, 5) is 11.2. The third kappa shape index (κ3) is 5.72. The molecule has 7 nitrogen and oxygen atoms in total. The molecule has 1 N–H and O–H groups in total. The highest BCUT2D eigenvalue weighted by molar-refractivity contribution is 7.88. The Labute approximate surface area is 187 Å². The minimum absolute atomic E-state index is 0.106. The van der Waals surface area contributed by atoms with Gasteiger partial charge in [-0.3, -0.25) is 0 Å². The molecule has 1 saturated carbocycles. The van der Waals surface area contributed by atoms with Gasteiger partial charge in [0, 0.05) is 50.0 Å². The summed E-state index contributed by atoms with van der Waals surface area (Å²) >= 11 is 0. The fourth-order valence-corrected chi connectivity index (χ4v) is 5.89. The van der Waals surface area contributed by atoms with E-state index in [1.807, 2.05) is 13.0 Å². The number of rotatable bonds is 6. The molecule has 0 atom stereocenters. The van der Waals surface area contributed by atoms with Gasteiger partial charge >= 0.3 is 0 Å². The number of piperazine rings is 1. The average molecular weight is 466 g/mol. The van der Waals surface area contributed by atoms with E-state index in [-0.39, 0.29) is 18.7 Å². The lowest BCUT2D eigenvalue weighted by atomic mass is 9.96. The monoisotopic (exact) mass is 465 g/mol. The van der Waals surface area contributed by atoms with Gasteiger partial charge in [-0.2, -0.15) is 9.29 Å². The van der Waals surface area contributed by atoms with E-state index in [0.717, 1.165) is 42.6 Å². The summed E-state index contributed by atoms with van der Waals surface area (Å²) in [7, 11) is -3.68. The molecular formula is C22H29F2N5O2S. The molecule has 4 rings (SSSR count). The predicted molar refractivity (Wildman–Crippen MR) is 120 cm³/mol. The Morgan fingerprint density at radius 2 is 1.62 bits per heavy atom. The number of nitrogens with zero attached hydrogens (tertiary/aromatic N) is 4. The van der Waals surface area contributed by atoms with Crippen LogP contribution in [0.25, 0.3) is 0 Å². The minimum atomic E-state index is -3.68. The van der Waals surface area contributed by atoms with Crippen LogP contribution < -0.4 is 10.2 Å². The van der Waals surface area contributed by atoms with Gasteiger partial charge < -0.3 is 10.2 Å². The molecule has 1 aliphatic carbocycles. The van der Waals surface area contributed by atoms with Crippen LogP contribution in [0.4, 0.5) is 20.5 Å². The summed E-state index contributed by atoms with van der Waals surface area (Å²) in [5, 5.41) is 3.45. The first-order valence-electron chi connectivity index (χ1n) is 11.1. The van der Waals surface area contributed by atoms with Crippen molar-refractivity contribution in [2.75, 3.05) is 36.4 Å². The molecule has 0 bridgehead atoms. The second-order valence-electron chi connectivity index (χ2n) is 8.59. The van der Waals surface area contributed by atoms with Gasteiger partial charge in [0.25, 0.3) is 0 Å². The Kier molecular flexibility index (Phi) is 6.90. The number of hydrogen-bond donors (Lipinski definition) is 1. The Morgan fingerprint density at radius 3 is 2.28 bits per heavy atom. The summed E-state index contributed by atoms with van der Waals surface area (Å²) in [6.07, 6.45) is 5.96. The molecule has 0 spiro atoms. The van der Waals surface area contributed by atoms with Crippen molar-refractivity contribution in [3.8, 4) is 0 Å². The number of aryl methyl sites for hydroxylation is 1. The number of nitrogens with one attached hydrogen (secondary N) is 1. The largest absolute Gasteiger partial charge is 0.354 e. The predicted octanol–water partition coefficient (Wildman–Crippen LogP) is 3.46. The second-order valence-corrected chi connectivity index (χ2v) is 10.6. The summed E-state index contributed by atoms with van der Waals surface area (Å²) in [6.45, 7) is 3.46. The van der Waals surface area contributed by atoms with Crippen molar-refractivity contribution in [3.63, 3.8) is 0 Å². The highest BCUT2D eigenvalue weighted by atomic mass is 32.2. The lowest BCUT2D eigenvalue weighted by Gasteiger charge is -2.35. The summed E-state index contributed by atoms with van der Waals surface area (Å²) < 4.78 is 53.8. The summed E-state index contributed by atoms with van der Waals surface area (Å²) in [5.41, 5.74) is 0.964. The quantitative estimate of drug-likeness (QED) is 0.704. The second kappa shape index (κ2) is 9.66. The number of benzene rings is 1. The third-order valence-corrected chi connectivity index (χ3v) is 7.86. The average Bonchev–Trinajstić information content (AvgIpc) is 2.73. The summed E-state index contributed by atoms with van der Waals surface area (Å²) in [6, 6.07) is 5.15. The Bertz CT molecular complexity index is 1030. The van der Waals surface area contributed by atoms with Crippen molar-refractivity contribution in [2.45, 2.75) is 50.8 Å². The molecule has 174 valence electrons. The fraction of sp³-hybridized carbons (Fsp3) is 0.545. The molecule has 1 aromatic carbocycles. The molecule has 2 aromatic rings. The maximum absolute atomic E-state index is 13.4. The molecular weight excluding hydrogens is 436 g/mol. The normalized spacial score (nSPS) is 18.7. The van der Waals surface area contributed by atoms with Gasteiger partial charge in [-0.15, -0.1) is 0 Å². The summed E-state index contributed by atoms with van der Waals surface area (Å²) in [5.74, 6) is -0.590. The zero-order chi connectivity index (χ0) is 22.7. The van der Waals surface area contributed by atoms with Crippen molar-refractivity contribution in [3.05, 3.63) is 47.2 Å². The first-order chi connectivity index (χ1) is 15.3. The van der Waals surface area contributed by atoms with Crippen LogP contribution in [0.1, 0.15) is 43.4 Å². The van der Waals surface area contributed by atoms with E-state index in [1.54, 1.807) is 0 Å². The van der Waals surface area contributed by atoms with Crippen molar-refractivity contribution >= 4 is 21.8 Å². The first-order valence-corrected chi connectivity index (χ1v) is 12.7. The topological polar surface area (TPSA) is 78.4 Å². The molecule has 1 aromatic heterocycles. The Morgan fingerprint density at radius 1 is 0.969 bits per heavy atom. The van der Waals surface area contributed by atoms with E-state index < -0.39 is 27.4 Å². The molecule has 2 aliphatic rings. The SMILES string of the molecule is Cc1cc(N2CCN(S(=O)(=O)Cc3cc(F)cc(F)c3)CC2)nc(NC2CCCCC2)n1. The number of halogens is 2. The van der Waals surface area contributed by atoms with Crippen LogP contribution in [0.3, 0.4) is 0 Å². The van der Waals surface area contributed by atoms with Crippen molar-refractivity contribution in [1.82, 2.24) is 14.3 Å². The van der Waals surface area contributed by atoms with Crippen LogP contribution in [-0.2, 0) is 15.8 Å². The van der Waals surface area contributed by atoms with E-state index >= 15 is 0 Å². The van der Waals surface area contributed by atoms with Gasteiger partial charge in [-0.25, -0.2) is 22.2 Å². The van der Waals surface area contributed by atoms with E-state index in [9.17, 15) is 17.2 Å². The van der Waals surface area contributed by atoms with Crippen molar-refractivity contribution in [1.29, 1.82) is 0 Å². The van der Waals surface area contributed by atoms with Gasteiger partial charge in [0.15, 0.2) is 0 Å².